The molecule has 0 aliphatic carbocycles. The lowest BCUT2D eigenvalue weighted by Gasteiger charge is -2.36. The first-order valence-corrected chi connectivity index (χ1v) is 14.6. The standard InChI is InChI=1S/C22H35ClN10O4S/c23-4-1-5-38(36,37)31-18-3-2-16(8-19(18)35)27-20-28-21(32-9-13(24)6-14(25)10-32)30-22(29-20)33-11-15(26)7-17(34)12-33/h2-3,8,13-15,17,31,34-35H,1,4-7,9-12,24-26H2,(H,27,28,29,30)/t13-,14+,15-,17+/m0/s1. The van der Waals surface area contributed by atoms with Crippen LogP contribution in [0.1, 0.15) is 19.3 Å². The molecule has 210 valence electrons. The summed E-state index contributed by atoms with van der Waals surface area (Å²) in [5, 5.41) is 23.8. The topological polar surface area (TPSA) is 222 Å². The van der Waals surface area contributed by atoms with Crippen LogP contribution in [-0.2, 0) is 10.0 Å². The van der Waals surface area contributed by atoms with Gasteiger partial charge in [-0.25, -0.2) is 8.42 Å². The molecule has 3 heterocycles. The lowest BCUT2D eigenvalue weighted by atomic mass is 10.0. The van der Waals surface area contributed by atoms with Gasteiger partial charge in [-0.3, -0.25) is 4.72 Å². The summed E-state index contributed by atoms with van der Waals surface area (Å²) in [7, 11) is -3.66. The first-order valence-electron chi connectivity index (χ1n) is 12.4. The van der Waals surface area contributed by atoms with Gasteiger partial charge in [0.1, 0.15) is 5.75 Å². The van der Waals surface area contributed by atoms with E-state index in [1.165, 1.54) is 12.1 Å². The van der Waals surface area contributed by atoms with E-state index < -0.39 is 16.1 Å². The summed E-state index contributed by atoms with van der Waals surface area (Å²) in [5.74, 6) is 0.643. The Bertz CT molecular complexity index is 1160. The van der Waals surface area contributed by atoms with Gasteiger partial charge in [0.2, 0.25) is 27.9 Å². The number of nitrogens with one attached hydrogen (secondary N) is 2. The van der Waals surface area contributed by atoms with Gasteiger partial charge >= 0.3 is 0 Å². The number of alkyl halides is 1. The summed E-state index contributed by atoms with van der Waals surface area (Å²) in [4.78, 5) is 17.4. The highest BCUT2D eigenvalue weighted by molar-refractivity contribution is 7.92. The molecule has 0 spiro atoms. The van der Waals surface area contributed by atoms with Crippen LogP contribution in [0.3, 0.4) is 0 Å². The summed E-state index contributed by atoms with van der Waals surface area (Å²) < 4.78 is 26.7. The molecule has 4 atom stereocenters. The maximum absolute atomic E-state index is 12.2. The maximum Gasteiger partial charge on any atom is 0.233 e. The molecule has 14 nitrogen and oxygen atoms in total. The fraction of sp³-hybridized carbons (Fsp3) is 0.591. The van der Waals surface area contributed by atoms with Gasteiger partial charge in [-0.15, -0.1) is 11.6 Å². The summed E-state index contributed by atoms with van der Waals surface area (Å²) in [6.45, 7) is 1.80. The molecule has 0 amide bonds. The van der Waals surface area contributed by atoms with E-state index in [1.54, 1.807) is 11.0 Å². The molecule has 0 unspecified atom stereocenters. The van der Waals surface area contributed by atoms with E-state index in [9.17, 15) is 18.6 Å². The molecular weight excluding hydrogens is 536 g/mol. The molecule has 2 saturated heterocycles. The Hall–Kier alpha value is -2.69. The van der Waals surface area contributed by atoms with E-state index in [0.29, 0.717) is 56.6 Å². The number of nitrogens with two attached hydrogens (primary N) is 3. The summed E-state index contributed by atoms with van der Waals surface area (Å²) in [6.07, 6.45) is 0.836. The van der Waals surface area contributed by atoms with Gasteiger partial charge in [0, 0.05) is 61.9 Å². The second-order valence-electron chi connectivity index (χ2n) is 9.79. The highest BCUT2D eigenvalue weighted by Crippen LogP contribution is 2.30. The zero-order valence-electron chi connectivity index (χ0n) is 20.9. The number of aromatic nitrogens is 3. The average Bonchev–Trinajstić information content (AvgIpc) is 2.83. The summed E-state index contributed by atoms with van der Waals surface area (Å²) in [6, 6.07) is 3.84. The molecule has 2 fully saturated rings. The van der Waals surface area contributed by atoms with Gasteiger partial charge in [-0.2, -0.15) is 15.0 Å². The fourth-order valence-corrected chi connectivity index (χ4v) is 6.02. The van der Waals surface area contributed by atoms with Gasteiger partial charge < -0.3 is 42.5 Å². The van der Waals surface area contributed by atoms with Crippen LogP contribution in [0.5, 0.6) is 5.75 Å². The molecule has 38 heavy (non-hydrogen) atoms. The highest BCUT2D eigenvalue weighted by Gasteiger charge is 2.29. The second kappa shape index (κ2) is 12.0. The van der Waals surface area contributed by atoms with Crippen LogP contribution in [-0.4, -0.2) is 95.6 Å². The number of halogens is 1. The van der Waals surface area contributed by atoms with Crippen LogP contribution in [0.2, 0.25) is 0 Å². The molecule has 0 bridgehead atoms. The number of rotatable bonds is 9. The third-order valence-electron chi connectivity index (χ3n) is 6.22. The van der Waals surface area contributed by atoms with Crippen molar-refractivity contribution in [1.82, 2.24) is 15.0 Å². The number of aliphatic hydroxyl groups excluding tert-OH is 1. The third kappa shape index (κ3) is 7.45. The number of aliphatic hydroxyl groups is 1. The Morgan fingerprint density at radius 2 is 1.58 bits per heavy atom. The van der Waals surface area contributed by atoms with Crippen LogP contribution in [0.15, 0.2) is 18.2 Å². The Kier molecular flexibility index (Phi) is 8.95. The number of anilines is 5. The van der Waals surface area contributed by atoms with Crippen LogP contribution in [0, 0.1) is 0 Å². The van der Waals surface area contributed by atoms with E-state index in [0.717, 1.165) is 0 Å². The number of β-amino-alcohol motifs (C(OH)–C–C–N with tert-alkyl or cyclic N) is 1. The number of sulfonamides is 1. The molecule has 2 aliphatic rings. The van der Waals surface area contributed by atoms with Crippen LogP contribution >= 0.6 is 11.6 Å². The Balaban J connectivity index is 1.61. The number of phenolic OH excluding ortho intramolecular Hbond substituents is 1. The van der Waals surface area contributed by atoms with E-state index in [1.807, 2.05) is 4.90 Å². The third-order valence-corrected chi connectivity index (χ3v) is 7.84. The molecule has 0 saturated carbocycles. The number of hydrogen-bond acceptors (Lipinski definition) is 13. The summed E-state index contributed by atoms with van der Waals surface area (Å²) in [5.41, 5.74) is 18.9. The normalized spacial score (nSPS) is 24.3. The van der Waals surface area contributed by atoms with Crippen molar-refractivity contribution in [2.24, 2.45) is 17.2 Å². The molecule has 2 aromatic rings. The first kappa shape index (κ1) is 28.3. The quantitative estimate of drug-likeness (QED) is 0.149. The predicted molar refractivity (Wildman–Crippen MR) is 148 cm³/mol. The van der Waals surface area contributed by atoms with Crippen molar-refractivity contribution in [2.75, 3.05) is 57.7 Å². The van der Waals surface area contributed by atoms with Crippen molar-refractivity contribution in [1.29, 1.82) is 0 Å². The van der Waals surface area contributed by atoms with Crippen molar-refractivity contribution >= 4 is 50.8 Å². The molecule has 1 aromatic carbocycles. The van der Waals surface area contributed by atoms with Gasteiger partial charge in [0.05, 0.1) is 17.5 Å². The minimum Gasteiger partial charge on any atom is -0.506 e. The van der Waals surface area contributed by atoms with E-state index >= 15 is 0 Å². The van der Waals surface area contributed by atoms with Crippen molar-refractivity contribution in [3.8, 4) is 5.75 Å². The molecule has 10 N–H and O–H groups in total. The predicted octanol–water partition coefficient (Wildman–Crippen LogP) is -0.546. The Morgan fingerprint density at radius 1 is 0.974 bits per heavy atom. The monoisotopic (exact) mass is 570 g/mol. The number of phenols is 1. The Morgan fingerprint density at radius 3 is 2.16 bits per heavy atom. The van der Waals surface area contributed by atoms with E-state index in [4.69, 9.17) is 28.8 Å². The van der Waals surface area contributed by atoms with Crippen molar-refractivity contribution < 1.29 is 18.6 Å². The molecule has 4 rings (SSSR count). The lowest BCUT2D eigenvalue weighted by molar-refractivity contribution is 0.144. The minimum atomic E-state index is -3.66. The lowest BCUT2D eigenvalue weighted by Crippen LogP contribution is -2.53. The van der Waals surface area contributed by atoms with E-state index in [-0.39, 0.29) is 53.6 Å². The van der Waals surface area contributed by atoms with Crippen LogP contribution < -0.4 is 37.0 Å². The van der Waals surface area contributed by atoms with Crippen LogP contribution in [0.25, 0.3) is 0 Å². The van der Waals surface area contributed by atoms with Crippen molar-refractivity contribution in [3.63, 3.8) is 0 Å². The van der Waals surface area contributed by atoms with Crippen LogP contribution in [0.4, 0.5) is 29.2 Å². The first-order chi connectivity index (χ1) is 18.0. The van der Waals surface area contributed by atoms with Crippen molar-refractivity contribution in [3.05, 3.63) is 18.2 Å². The van der Waals surface area contributed by atoms with Gasteiger partial charge in [-0.1, -0.05) is 0 Å². The molecule has 2 aliphatic heterocycles. The molecule has 1 aromatic heterocycles. The second-order valence-corrected chi connectivity index (χ2v) is 12.0. The maximum atomic E-state index is 12.2. The van der Waals surface area contributed by atoms with Crippen molar-refractivity contribution in [2.45, 2.75) is 43.5 Å². The smallest absolute Gasteiger partial charge is 0.233 e. The number of aromatic hydroxyl groups is 1. The fourth-order valence-electron chi connectivity index (χ4n) is 4.60. The van der Waals surface area contributed by atoms with Gasteiger partial charge in [-0.05, 0) is 31.4 Å². The number of nitrogens with zero attached hydrogens (tertiary/aromatic N) is 5. The molecule has 16 heteroatoms. The molecule has 0 radical (unpaired) electrons. The minimum absolute atomic E-state index is 0.0368. The molecular formula is C22H35ClN10O4S. The zero-order valence-corrected chi connectivity index (χ0v) is 22.4. The number of piperidine rings is 2. The SMILES string of the molecule is N[C@@H]1C[C@H](N)CN(c2nc(Nc3ccc(NS(=O)(=O)CCCCl)c(O)c3)nc(N3C[C@@H](N)C[C@@H](O)C3)n2)C1. The van der Waals surface area contributed by atoms with Gasteiger partial charge in [0.25, 0.3) is 0 Å². The summed E-state index contributed by atoms with van der Waals surface area (Å²) >= 11 is 5.59. The zero-order chi connectivity index (χ0) is 27.4. The number of benzene rings is 1. The highest BCUT2D eigenvalue weighted by atomic mass is 35.5. The average molecular weight is 571 g/mol. The number of hydrogen-bond donors (Lipinski definition) is 7. The Labute approximate surface area is 226 Å². The van der Waals surface area contributed by atoms with E-state index in [2.05, 4.69) is 25.0 Å². The largest absolute Gasteiger partial charge is 0.506 e. The van der Waals surface area contributed by atoms with Gasteiger partial charge in [0.15, 0.2) is 0 Å².